The largest absolute Gasteiger partial charge is 0.481 e. The molecule has 0 aliphatic heterocycles. The average Bonchev–Trinajstić information content (AvgIpc) is 3.25. The van der Waals surface area contributed by atoms with E-state index in [1.807, 2.05) is 6.07 Å². The fourth-order valence-electron chi connectivity index (χ4n) is 3.57. The van der Waals surface area contributed by atoms with Crippen LogP contribution in [0.2, 0.25) is 0 Å². The highest BCUT2D eigenvalue weighted by Crippen LogP contribution is 2.24. The summed E-state index contributed by atoms with van der Waals surface area (Å²) in [7, 11) is 1.53. The zero-order valence-electron chi connectivity index (χ0n) is 18.6. The third kappa shape index (κ3) is 5.27. The monoisotopic (exact) mass is 476 g/mol. The number of carbonyl (C=O) groups excluding carboxylic acids is 1. The predicted molar refractivity (Wildman–Crippen MR) is 125 cm³/mol. The maximum atomic E-state index is 14.1. The van der Waals surface area contributed by atoms with Gasteiger partial charge in [0.15, 0.2) is 0 Å². The van der Waals surface area contributed by atoms with Crippen LogP contribution in [0.3, 0.4) is 0 Å². The van der Waals surface area contributed by atoms with Crippen molar-refractivity contribution in [1.29, 1.82) is 0 Å². The van der Waals surface area contributed by atoms with Crippen LogP contribution in [0, 0.1) is 5.82 Å². The lowest BCUT2D eigenvalue weighted by Crippen LogP contribution is -2.30. The minimum absolute atomic E-state index is 0.0396. The molecule has 1 unspecified atom stereocenters. The SMILES string of the molecule is COc1ccc(-c2ccc(C(CC(=O)O)NC(=O)c3cc(=O)n(-c4ccccc4F)[nH]3)cc2)cn1. The summed E-state index contributed by atoms with van der Waals surface area (Å²) in [6.07, 6.45) is 1.27. The number of methoxy groups -OCH3 is 1. The Bertz CT molecular complexity index is 1410. The number of carbonyl (C=O) groups is 2. The molecule has 1 atom stereocenters. The van der Waals surface area contributed by atoms with Crippen molar-refractivity contribution in [3.8, 4) is 22.7 Å². The standard InChI is InChI=1S/C25H21FN4O5/c1-35-22-11-10-17(14-27-22)15-6-8-16(9-7-15)19(13-24(32)33)28-25(34)20-12-23(31)30(29-20)21-5-3-2-4-18(21)26/h2-12,14,19,29H,13H2,1H3,(H,28,34)(H,32,33). The molecule has 0 fully saturated rings. The molecule has 0 bridgehead atoms. The topological polar surface area (TPSA) is 126 Å². The zero-order chi connectivity index (χ0) is 24.9. The molecular weight excluding hydrogens is 455 g/mol. The van der Waals surface area contributed by atoms with Gasteiger partial charge in [-0.2, -0.15) is 0 Å². The Kier molecular flexibility index (Phi) is 6.72. The molecule has 9 nitrogen and oxygen atoms in total. The van der Waals surface area contributed by atoms with E-state index >= 15 is 0 Å². The Labute approximate surface area is 198 Å². The molecule has 10 heteroatoms. The zero-order valence-corrected chi connectivity index (χ0v) is 18.6. The number of para-hydroxylation sites is 1. The van der Waals surface area contributed by atoms with Crippen LogP contribution in [0.5, 0.6) is 5.88 Å². The molecule has 2 aromatic carbocycles. The maximum absolute atomic E-state index is 14.1. The van der Waals surface area contributed by atoms with Gasteiger partial charge in [0, 0.05) is 23.9 Å². The minimum Gasteiger partial charge on any atom is -0.481 e. The number of aliphatic carboxylic acids is 1. The van der Waals surface area contributed by atoms with Crippen molar-refractivity contribution >= 4 is 11.9 Å². The number of carboxylic acid groups (broad SMARTS) is 1. The van der Waals surface area contributed by atoms with Gasteiger partial charge >= 0.3 is 5.97 Å². The van der Waals surface area contributed by atoms with Crippen LogP contribution in [0.25, 0.3) is 16.8 Å². The van der Waals surface area contributed by atoms with Gasteiger partial charge in [0.1, 0.15) is 17.2 Å². The van der Waals surface area contributed by atoms with E-state index in [0.717, 1.165) is 21.9 Å². The number of pyridine rings is 1. The number of benzene rings is 2. The summed E-state index contributed by atoms with van der Waals surface area (Å²) in [6.45, 7) is 0. The number of hydrogen-bond donors (Lipinski definition) is 3. The molecule has 35 heavy (non-hydrogen) atoms. The lowest BCUT2D eigenvalue weighted by atomic mass is 9.99. The van der Waals surface area contributed by atoms with Gasteiger partial charge in [0.2, 0.25) is 5.88 Å². The van der Waals surface area contributed by atoms with E-state index in [2.05, 4.69) is 15.4 Å². The highest BCUT2D eigenvalue weighted by molar-refractivity contribution is 5.92. The van der Waals surface area contributed by atoms with Crippen molar-refractivity contribution in [2.75, 3.05) is 7.11 Å². The fourth-order valence-corrected chi connectivity index (χ4v) is 3.57. The van der Waals surface area contributed by atoms with Gasteiger partial charge in [-0.05, 0) is 29.3 Å². The van der Waals surface area contributed by atoms with E-state index in [-0.39, 0.29) is 17.8 Å². The molecule has 0 saturated carbocycles. The number of nitrogens with zero attached hydrogens (tertiary/aromatic N) is 2. The molecule has 2 aromatic heterocycles. The molecule has 0 spiro atoms. The van der Waals surface area contributed by atoms with Crippen molar-refractivity contribution in [3.05, 3.63) is 100 Å². The number of halogens is 1. The molecule has 2 heterocycles. The van der Waals surface area contributed by atoms with Crippen LogP contribution in [-0.4, -0.2) is 38.9 Å². The molecule has 0 radical (unpaired) electrons. The second-order valence-electron chi connectivity index (χ2n) is 7.63. The van der Waals surface area contributed by atoms with E-state index in [4.69, 9.17) is 4.74 Å². The number of amides is 1. The lowest BCUT2D eigenvalue weighted by Gasteiger charge is -2.17. The number of carboxylic acids is 1. The maximum Gasteiger partial charge on any atom is 0.305 e. The van der Waals surface area contributed by atoms with Gasteiger partial charge < -0.3 is 15.2 Å². The van der Waals surface area contributed by atoms with E-state index in [1.165, 1.54) is 25.3 Å². The smallest absolute Gasteiger partial charge is 0.305 e. The average molecular weight is 476 g/mol. The number of rotatable bonds is 8. The number of nitrogens with one attached hydrogen (secondary N) is 2. The van der Waals surface area contributed by atoms with Crippen LogP contribution in [0.1, 0.15) is 28.5 Å². The highest BCUT2D eigenvalue weighted by atomic mass is 19.1. The van der Waals surface area contributed by atoms with Crippen molar-refractivity contribution in [1.82, 2.24) is 20.1 Å². The van der Waals surface area contributed by atoms with Crippen molar-refractivity contribution in [3.63, 3.8) is 0 Å². The number of ether oxygens (including phenoxy) is 1. The molecule has 0 saturated heterocycles. The van der Waals surface area contributed by atoms with Crippen molar-refractivity contribution < 1.29 is 23.8 Å². The first-order valence-electron chi connectivity index (χ1n) is 10.6. The second-order valence-corrected chi connectivity index (χ2v) is 7.63. The van der Waals surface area contributed by atoms with Crippen LogP contribution in [-0.2, 0) is 4.79 Å². The van der Waals surface area contributed by atoms with Crippen LogP contribution >= 0.6 is 0 Å². The summed E-state index contributed by atoms with van der Waals surface area (Å²) < 4.78 is 20.0. The Balaban J connectivity index is 1.56. The molecule has 0 aliphatic carbocycles. The quantitative estimate of drug-likeness (QED) is 0.358. The Hall–Kier alpha value is -4.73. The Morgan fingerprint density at radius 3 is 2.46 bits per heavy atom. The first-order valence-corrected chi connectivity index (χ1v) is 10.6. The number of aromatic nitrogens is 3. The van der Waals surface area contributed by atoms with E-state index in [0.29, 0.717) is 11.4 Å². The van der Waals surface area contributed by atoms with E-state index < -0.39 is 29.3 Å². The summed E-state index contributed by atoms with van der Waals surface area (Å²) in [5.41, 5.74) is 1.44. The molecule has 0 aliphatic rings. The van der Waals surface area contributed by atoms with E-state index in [1.54, 1.807) is 42.6 Å². The van der Waals surface area contributed by atoms with Crippen LogP contribution in [0.4, 0.5) is 4.39 Å². The molecule has 3 N–H and O–H groups in total. The lowest BCUT2D eigenvalue weighted by molar-refractivity contribution is -0.137. The van der Waals surface area contributed by atoms with Gasteiger partial charge in [-0.3, -0.25) is 19.5 Å². The van der Waals surface area contributed by atoms with Gasteiger partial charge in [-0.25, -0.2) is 14.1 Å². The molecule has 4 aromatic rings. The van der Waals surface area contributed by atoms with Crippen LogP contribution in [0.15, 0.2) is 77.7 Å². The molecule has 1 amide bonds. The normalized spacial score (nSPS) is 11.6. The first-order chi connectivity index (χ1) is 16.9. The predicted octanol–water partition coefficient (Wildman–Crippen LogP) is 3.32. The van der Waals surface area contributed by atoms with Gasteiger partial charge in [0.25, 0.3) is 11.5 Å². The third-order valence-electron chi connectivity index (χ3n) is 5.33. The third-order valence-corrected chi connectivity index (χ3v) is 5.33. The van der Waals surface area contributed by atoms with Gasteiger partial charge in [-0.15, -0.1) is 0 Å². The van der Waals surface area contributed by atoms with Crippen molar-refractivity contribution in [2.45, 2.75) is 12.5 Å². The fraction of sp³-hybridized carbons (Fsp3) is 0.120. The first kappa shape index (κ1) is 23.4. The van der Waals surface area contributed by atoms with Crippen LogP contribution < -0.4 is 15.6 Å². The Morgan fingerprint density at radius 2 is 1.83 bits per heavy atom. The summed E-state index contributed by atoms with van der Waals surface area (Å²) in [6, 6.07) is 16.3. The summed E-state index contributed by atoms with van der Waals surface area (Å²) in [5, 5.41) is 14.6. The molecule has 4 rings (SSSR count). The summed E-state index contributed by atoms with van der Waals surface area (Å²) in [4.78, 5) is 40.8. The highest BCUT2D eigenvalue weighted by Gasteiger charge is 2.21. The summed E-state index contributed by atoms with van der Waals surface area (Å²) >= 11 is 0. The van der Waals surface area contributed by atoms with Gasteiger partial charge in [-0.1, -0.05) is 36.4 Å². The number of aromatic amines is 1. The number of H-pyrrole nitrogens is 1. The minimum atomic E-state index is -1.11. The summed E-state index contributed by atoms with van der Waals surface area (Å²) in [5.74, 6) is -1.97. The number of hydrogen-bond acceptors (Lipinski definition) is 5. The second kappa shape index (κ2) is 10.0. The molecule has 178 valence electrons. The van der Waals surface area contributed by atoms with Gasteiger partial charge in [0.05, 0.1) is 19.6 Å². The molecular formula is C25H21FN4O5. The van der Waals surface area contributed by atoms with E-state index in [9.17, 15) is 23.9 Å². The van der Waals surface area contributed by atoms with Crippen molar-refractivity contribution in [2.24, 2.45) is 0 Å². The Morgan fingerprint density at radius 1 is 1.11 bits per heavy atom.